The number of ether oxygens (including phenoxy) is 1. The van der Waals surface area contributed by atoms with Crippen LogP contribution in [0.3, 0.4) is 0 Å². The molecule has 30 heavy (non-hydrogen) atoms. The molecule has 1 saturated heterocycles. The Morgan fingerprint density at radius 2 is 1.93 bits per heavy atom. The molecule has 1 aliphatic rings. The van der Waals surface area contributed by atoms with Crippen molar-refractivity contribution in [1.82, 2.24) is 20.4 Å². The van der Waals surface area contributed by atoms with Crippen LogP contribution in [0.2, 0.25) is 0 Å². The van der Waals surface area contributed by atoms with Crippen LogP contribution in [-0.2, 0) is 11.3 Å². The standard InChI is InChI=1S/C23H39N5O2/c1-5-24-23(28(4)13-9-19-10-15-30-16-11-19)26-18-20-7-6-8-21(17-20)22(29)25-12-14-27(2)3/h6-8,17,19H,5,9-16,18H2,1-4H3,(H,24,26)(H,25,29). The van der Waals surface area contributed by atoms with Crippen molar-refractivity contribution in [1.29, 1.82) is 0 Å². The molecule has 0 radical (unpaired) electrons. The van der Waals surface area contributed by atoms with Crippen LogP contribution < -0.4 is 10.6 Å². The predicted molar refractivity (Wildman–Crippen MR) is 123 cm³/mol. The van der Waals surface area contributed by atoms with E-state index in [1.54, 1.807) is 0 Å². The van der Waals surface area contributed by atoms with Gasteiger partial charge in [-0.3, -0.25) is 4.79 Å². The van der Waals surface area contributed by atoms with Crippen LogP contribution in [0, 0.1) is 5.92 Å². The van der Waals surface area contributed by atoms with Crippen molar-refractivity contribution >= 4 is 11.9 Å². The van der Waals surface area contributed by atoms with Crippen molar-refractivity contribution in [3.63, 3.8) is 0 Å². The molecule has 1 amide bonds. The van der Waals surface area contributed by atoms with Gasteiger partial charge < -0.3 is 25.2 Å². The first-order chi connectivity index (χ1) is 14.5. The summed E-state index contributed by atoms with van der Waals surface area (Å²) in [6.07, 6.45) is 3.47. The zero-order chi connectivity index (χ0) is 21.8. The quantitative estimate of drug-likeness (QED) is 0.451. The zero-order valence-corrected chi connectivity index (χ0v) is 19.1. The summed E-state index contributed by atoms with van der Waals surface area (Å²) in [6, 6.07) is 7.72. The third-order valence-electron chi connectivity index (χ3n) is 5.36. The Morgan fingerprint density at radius 1 is 1.17 bits per heavy atom. The Labute approximate surface area is 181 Å². The fourth-order valence-electron chi connectivity index (χ4n) is 3.46. The number of likely N-dealkylation sites (N-methyl/N-ethyl adjacent to an activating group) is 1. The van der Waals surface area contributed by atoms with Crippen LogP contribution in [0.4, 0.5) is 0 Å². The SMILES string of the molecule is CCNC(=NCc1cccc(C(=O)NCCN(C)C)c1)N(C)CCC1CCOCC1. The summed E-state index contributed by atoms with van der Waals surface area (Å²) in [6.45, 7) is 7.67. The highest BCUT2D eigenvalue weighted by Gasteiger charge is 2.15. The number of hydrogen-bond acceptors (Lipinski definition) is 4. The lowest BCUT2D eigenvalue weighted by Gasteiger charge is -2.26. The molecule has 1 aliphatic heterocycles. The van der Waals surface area contributed by atoms with E-state index in [1.165, 1.54) is 0 Å². The molecule has 2 rings (SSSR count). The molecule has 0 aliphatic carbocycles. The number of carbonyl (C=O) groups excluding carboxylic acids is 1. The molecule has 168 valence electrons. The van der Waals surface area contributed by atoms with E-state index in [1.807, 2.05) is 43.3 Å². The van der Waals surface area contributed by atoms with Gasteiger partial charge >= 0.3 is 0 Å². The molecular formula is C23H39N5O2. The van der Waals surface area contributed by atoms with Crippen molar-refractivity contribution in [2.45, 2.75) is 32.7 Å². The second-order valence-corrected chi connectivity index (χ2v) is 8.20. The van der Waals surface area contributed by atoms with Crippen LogP contribution in [0.1, 0.15) is 42.1 Å². The van der Waals surface area contributed by atoms with E-state index >= 15 is 0 Å². The topological polar surface area (TPSA) is 69.2 Å². The number of rotatable bonds is 10. The van der Waals surface area contributed by atoms with Gasteiger partial charge in [0, 0.05) is 52.0 Å². The number of carbonyl (C=O) groups is 1. The molecule has 0 spiro atoms. The van der Waals surface area contributed by atoms with Gasteiger partial charge in [0.2, 0.25) is 0 Å². The van der Waals surface area contributed by atoms with Crippen LogP contribution in [0.15, 0.2) is 29.3 Å². The Hall–Kier alpha value is -2.12. The second kappa shape index (κ2) is 13.2. The molecular weight excluding hydrogens is 378 g/mol. The lowest BCUT2D eigenvalue weighted by atomic mass is 9.96. The summed E-state index contributed by atoms with van der Waals surface area (Å²) in [5, 5.41) is 6.35. The third kappa shape index (κ3) is 8.71. The largest absolute Gasteiger partial charge is 0.381 e. The molecule has 1 aromatic rings. The number of nitrogens with zero attached hydrogens (tertiary/aromatic N) is 3. The van der Waals surface area contributed by atoms with Gasteiger partial charge in [0.1, 0.15) is 0 Å². The summed E-state index contributed by atoms with van der Waals surface area (Å²) >= 11 is 0. The maximum Gasteiger partial charge on any atom is 0.251 e. The number of nitrogens with one attached hydrogen (secondary N) is 2. The molecule has 0 unspecified atom stereocenters. The molecule has 7 nitrogen and oxygen atoms in total. The van der Waals surface area contributed by atoms with Crippen LogP contribution in [0.25, 0.3) is 0 Å². The number of hydrogen-bond donors (Lipinski definition) is 2. The summed E-state index contributed by atoms with van der Waals surface area (Å²) in [5.74, 6) is 1.61. The van der Waals surface area contributed by atoms with Gasteiger partial charge in [0.05, 0.1) is 6.54 Å². The Kier molecular flexibility index (Phi) is 10.7. The van der Waals surface area contributed by atoms with E-state index in [9.17, 15) is 4.79 Å². The summed E-state index contributed by atoms with van der Waals surface area (Å²) in [5.41, 5.74) is 1.71. The Bertz CT molecular complexity index is 671. The summed E-state index contributed by atoms with van der Waals surface area (Å²) in [4.78, 5) is 21.4. The Balaban J connectivity index is 1.91. The van der Waals surface area contributed by atoms with Crippen molar-refractivity contribution in [3.8, 4) is 0 Å². The van der Waals surface area contributed by atoms with Gasteiger partial charge in [-0.15, -0.1) is 0 Å². The van der Waals surface area contributed by atoms with Gasteiger partial charge in [0.25, 0.3) is 5.91 Å². The normalized spacial score (nSPS) is 15.3. The van der Waals surface area contributed by atoms with Crippen LogP contribution in [0.5, 0.6) is 0 Å². The zero-order valence-electron chi connectivity index (χ0n) is 19.1. The van der Waals surface area contributed by atoms with Gasteiger partial charge in [0.15, 0.2) is 5.96 Å². The molecule has 7 heteroatoms. The van der Waals surface area contributed by atoms with E-state index in [-0.39, 0.29) is 5.91 Å². The summed E-state index contributed by atoms with van der Waals surface area (Å²) < 4.78 is 5.46. The van der Waals surface area contributed by atoms with Gasteiger partial charge in [-0.05, 0) is 63.9 Å². The van der Waals surface area contributed by atoms with Crippen molar-refractivity contribution in [2.24, 2.45) is 10.9 Å². The van der Waals surface area contributed by atoms with E-state index in [4.69, 9.17) is 9.73 Å². The minimum Gasteiger partial charge on any atom is -0.381 e. The lowest BCUT2D eigenvalue weighted by molar-refractivity contribution is 0.0625. The summed E-state index contributed by atoms with van der Waals surface area (Å²) in [7, 11) is 6.08. The fraction of sp³-hybridized carbons (Fsp3) is 0.652. The first-order valence-corrected chi connectivity index (χ1v) is 11.1. The van der Waals surface area contributed by atoms with Crippen molar-refractivity contribution in [3.05, 3.63) is 35.4 Å². The minimum atomic E-state index is -0.0387. The fourth-order valence-corrected chi connectivity index (χ4v) is 3.46. The third-order valence-corrected chi connectivity index (χ3v) is 5.36. The number of amides is 1. The molecule has 1 heterocycles. The van der Waals surface area contributed by atoms with E-state index in [0.717, 1.165) is 69.6 Å². The second-order valence-electron chi connectivity index (χ2n) is 8.20. The maximum absolute atomic E-state index is 12.4. The van der Waals surface area contributed by atoms with Crippen LogP contribution in [-0.4, -0.2) is 82.2 Å². The van der Waals surface area contributed by atoms with Gasteiger partial charge in [-0.25, -0.2) is 4.99 Å². The average molecular weight is 418 g/mol. The highest BCUT2D eigenvalue weighted by atomic mass is 16.5. The first-order valence-electron chi connectivity index (χ1n) is 11.1. The maximum atomic E-state index is 12.4. The van der Waals surface area contributed by atoms with E-state index < -0.39 is 0 Å². The highest BCUT2D eigenvalue weighted by molar-refractivity contribution is 5.94. The highest BCUT2D eigenvalue weighted by Crippen LogP contribution is 2.18. The average Bonchev–Trinajstić information content (AvgIpc) is 2.75. The first kappa shape index (κ1) is 24.2. The predicted octanol–water partition coefficient (Wildman–Crippen LogP) is 2.19. The molecule has 1 aromatic carbocycles. The van der Waals surface area contributed by atoms with Gasteiger partial charge in [-0.2, -0.15) is 0 Å². The molecule has 2 N–H and O–H groups in total. The van der Waals surface area contributed by atoms with E-state index in [0.29, 0.717) is 18.7 Å². The molecule has 0 atom stereocenters. The van der Waals surface area contributed by atoms with Crippen molar-refractivity contribution in [2.75, 3.05) is 60.5 Å². The number of aliphatic imine (C=N–C) groups is 1. The van der Waals surface area contributed by atoms with Gasteiger partial charge in [-0.1, -0.05) is 12.1 Å². The minimum absolute atomic E-state index is 0.0387. The van der Waals surface area contributed by atoms with E-state index in [2.05, 4.69) is 29.5 Å². The lowest BCUT2D eigenvalue weighted by Crippen LogP contribution is -2.40. The number of benzene rings is 1. The monoisotopic (exact) mass is 417 g/mol. The molecule has 0 saturated carbocycles. The molecule has 0 aromatic heterocycles. The molecule has 0 bridgehead atoms. The molecule has 1 fully saturated rings. The Morgan fingerprint density at radius 3 is 2.63 bits per heavy atom. The van der Waals surface area contributed by atoms with Crippen molar-refractivity contribution < 1.29 is 9.53 Å². The smallest absolute Gasteiger partial charge is 0.251 e. The van der Waals surface area contributed by atoms with Crippen LogP contribution >= 0.6 is 0 Å². The number of guanidine groups is 1.